The van der Waals surface area contributed by atoms with E-state index in [0.29, 0.717) is 35.2 Å². The summed E-state index contributed by atoms with van der Waals surface area (Å²) >= 11 is 6.02. The number of aromatic nitrogens is 2. The molecule has 2 heterocycles. The van der Waals surface area contributed by atoms with Crippen LogP contribution in [0.3, 0.4) is 0 Å². The van der Waals surface area contributed by atoms with Crippen LogP contribution in [0.15, 0.2) is 33.8 Å². The summed E-state index contributed by atoms with van der Waals surface area (Å²) in [6.45, 7) is 8.38. The van der Waals surface area contributed by atoms with Crippen molar-refractivity contribution >= 4 is 17.6 Å². The predicted octanol–water partition coefficient (Wildman–Crippen LogP) is 3.18. The number of nitrogens with one attached hydrogen (secondary N) is 2. The van der Waals surface area contributed by atoms with E-state index >= 15 is 0 Å². The molecule has 152 valence electrons. The van der Waals surface area contributed by atoms with Crippen LogP contribution < -0.4 is 10.6 Å². The van der Waals surface area contributed by atoms with Crippen LogP contribution in [-0.4, -0.2) is 53.7 Å². The Balaban J connectivity index is 1.47. The van der Waals surface area contributed by atoms with Crippen molar-refractivity contribution in [1.29, 1.82) is 0 Å². The fourth-order valence-electron chi connectivity index (χ4n) is 3.40. The Morgan fingerprint density at radius 1 is 1.36 bits per heavy atom. The first-order valence-electron chi connectivity index (χ1n) is 9.81. The van der Waals surface area contributed by atoms with Crippen molar-refractivity contribution in [2.45, 2.75) is 39.3 Å². The summed E-state index contributed by atoms with van der Waals surface area (Å²) in [6, 6.07) is 7.83. The second kappa shape index (κ2) is 9.89. The molecule has 0 amide bonds. The molecule has 2 N–H and O–H groups in total. The quantitative estimate of drug-likeness (QED) is 0.568. The summed E-state index contributed by atoms with van der Waals surface area (Å²) in [6.07, 6.45) is 2.24. The van der Waals surface area contributed by atoms with E-state index in [4.69, 9.17) is 16.1 Å². The molecule has 1 aromatic heterocycles. The standard InChI is InChI=1S/C20H29ClN6O/c1-14(2)13-27-9-7-17(8-10-27)24-20(22-3)23-12-18-25-19(26-28-18)15-5-4-6-16(21)11-15/h4-6,11,14,17H,7-10,12-13H2,1-3H3,(H2,22,23,24). The van der Waals surface area contributed by atoms with Crippen molar-refractivity contribution in [1.82, 2.24) is 25.7 Å². The van der Waals surface area contributed by atoms with Gasteiger partial charge < -0.3 is 20.1 Å². The molecule has 0 aliphatic carbocycles. The number of hydrogen-bond donors (Lipinski definition) is 2. The van der Waals surface area contributed by atoms with Crippen molar-refractivity contribution in [3.63, 3.8) is 0 Å². The number of rotatable bonds is 6. The molecule has 0 atom stereocenters. The number of guanidine groups is 1. The molecule has 0 radical (unpaired) electrons. The Kier molecular flexibility index (Phi) is 7.28. The van der Waals surface area contributed by atoms with Crippen LogP contribution in [0.1, 0.15) is 32.6 Å². The summed E-state index contributed by atoms with van der Waals surface area (Å²) in [7, 11) is 1.77. The number of benzene rings is 1. The Morgan fingerprint density at radius 2 is 2.14 bits per heavy atom. The van der Waals surface area contributed by atoms with Gasteiger partial charge in [-0.15, -0.1) is 0 Å². The minimum absolute atomic E-state index is 0.416. The third-order valence-corrected chi connectivity index (χ3v) is 4.97. The van der Waals surface area contributed by atoms with E-state index in [1.54, 1.807) is 7.05 Å². The third kappa shape index (κ3) is 5.94. The third-order valence-electron chi connectivity index (χ3n) is 4.73. The van der Waals surface area contributed by atoms with Crippen LogP contribution in [0.4, 0.5) is 0 Å². The minimum atomic E-state index is 0.416. The summed E-state index contributed by atoms with van der Waals surface area (Å²) in [5.74, 6) is 2.50. The van der Waals surface area contributed by atoms with Gasteiger partial charge in [0, 0.05) is 43.3 Å². The van der Waals surface area contributed by atoms with Crippen molar-refractivity contribution in [2.24, 2.45) is 10.9 Å². The average molecular weight is 405 g/mol. The first kappa shape index (κ1) is 20.6. The van der Waals surface area contributed by atoms with Gasteiger partial charge in [-0.2, -0.15) is 4.98 Å². The van der Waals surface area contributed by atoms with Gasteiger partial charge in [-0.1, -0.05) is 42.7 Å². The van der Waals surface area contributed by atoms with Crippen molar-refractivity contribution in [3.05, 3.63) is 35.2 Å². The lowest BCUT2D eigenvalue weighted by Crippen LogP contribution is -2.49. The van der Waals surface area contributed by atoms with E-state index in [0.717, 1.165) is 37.5 Å². The number of hydrogen-bond acceptors (Lipinski definition) is 5. The fraction of sp³-hybridized carbons (Fsp3) is 0.550. The van der Waals surface area contributed by atoms with Gasteiger partial charge in [-0.05, 0) is 30.9 Å². The molecule has 3 rings (SSSR count). The number of likely N-dealkylation sites (tertiary alicyclic amines) is 1. The highest BCUT2D eigenvalue weighted by molar-refractivity contribution is 6.30. The van der Waals surface area contributed by atoms with Gasteiger partial charge in [0.1, 0.15) is 0 Å². The van der Waals surface area contributed by atoms with Gasteiger partial charge in [-0.3, -0.25) is 4.99 Å². The molecule has 1 fully saturated rings. The van der Waals surface area contributed by atoms with E-state index in [9.17, 15) is 0 Å². The second-order valence-electron chi connectivity index (χ2n) is 7.56. The Bertz CT molecular complexity index is 783. The number of aliphatic imine (C=N–C) groups is 1. The molecule has 1 aliphatic rings. The SMILES string of the molecule is CN=C(NCc1nc(-c2cccc(Cl)c2)no1)NC1CCN(CC(C)C)CC1. The largest absolute Gasteiger partial charge is 0.354 e. The molecule has 1 aromatic carbocycles. The highest BCUT2D eigenvalue weighted by Gasteiger charge is 2.20. The molecule has 0 unspecified atom stereocenters. The Labute approximate surface area is 171 Å². The van der Waals surface area contributed by atoms with E-state index in [1.807, 2.05) is 24.3 Å². The monoisotopic (exact) mass is 404 g/mol. The van der Waals surface area contributed by atoms with Gasteiger partial charge in [0.2, 0.25) is 11.7 Å². The van der Waals surface area contributed by atoms with Crippen molar-refractivity contribution in [3.8, 4) is 11.4 Å². The van der Waals surface area contributed by atoms with E-state index in [-0.39, 0.29) is 0 Å². The average Bonchev–Trinajstić information content (AvgIpc) is 3.15. The molecular formula is C20H29ClN6O. The van der Waals surface area contributed by atoms with Gasteiger partial charge in [0.15, 0.2) is 5.96 Å². The summed E-state index contributed by atoms with van der Waals surface area (Å²) in [4.78, 5) is 11.3. The topological polar surface area (TPSA) is 78.6 Å². The lowest BCUT2D eigenvalue weighted by Gasteiger charge is -2.33. The molecule has 0 bridgehead atoms. The van der Waals surface area contributed by atoms with Crippen LogP contribution in [0.2, 0.25) is 5.02 Å². The highest BCUT2D eigenvalue weighted by atomic mass is 35.5. The van der Waals surface area contributed by atoms with Gasteiger partial charge in [0.25, 0.3) is 0 Å². The first-order chi connectivity index (χ1) is 13.5. The number of piperidine rings is 1. The summed E-state index contributed by atoms with van der Waals surface area (Å²) < 4.78 is 5.34. The fourth-order valence-corrected chi connectivity index (χ4v) is 3.59. The zero-order valence-corrected chi connectivity index (χ0v) is 17.5. The Morgan fingerprint density at radius 3 is 2.82 bits per heavy atom. The summed E-state index contributed by atoms with van der Waals surface area (Å²) in [5, 5.41) is 11.4. The lowest BCUT2D eigenvalue weighted by molar-refractivity contribution is 0.187. The zero-order chi connectivity index (χ0) is 19.9. The maximum absolute atomic E-state index is 6.02. The maximum atomic E-state index is 6.02. The van der Waals surface area contributed by atoms with Crippen LogP contribution in [-0.2, 0) is 6.54 Å². The Hall–Kier alpha value is -2.12. The van der Waals surface area contributed by atoms with Crippen LogP contribution >= 0.6 is 11.6 Å². The minimum Gasteiger partial charge on any atom is -0.354 e. The van der Waals surface area contributed by atoms with Crippen LogP contribution in [0.25, 0.3) is 11.4 Å². The number of halogens is 1. The zero-order valence-electron chi connectivity index (χ0n) is 16.8. The molecule has 28 heavy (non-hydrogen) atoms. The summed E-state index contributed by atoms with van der Waals surface area (Å²) in [5.41, 5.74) is 0.832. The molecule has 8 heteroatoms. The van der Waals surface area contributed by atoms with Gasteiger partial charge in [-0.25, -0.2) is 0 Å². The second-order valence-corrected chi connectivity index (χ2v) is 8.00. The first-order valence-corrected chi connectivity index (χ1v) is 10.2. The van der Waals surface area contributed by atoms with E-state index < -0.39 is 0 Å². The molecule has 1 aliphatic heterocycles. The molecule has 7 nitrogen and oxygen atoms in total. The van der Waals surface area contributed by atoms with Gasteiger partial charge >= 0.3 is 0 Å². The van der Waals surface area contributed by atoms with E-state index in [2.05, 4.69) is 44.5 Å². The molecular weight excluding hydrogens is 376 g/mol. The van der Waals surface area contributed by atoms with Crippen LogP contribution in [0, 0.1) is 5.92 Å². The normalized spacial score (nSPS) is 16.5. The van der Waals surface area contributed by atoms with Crippen LogP contribution in [0.5, 0.6) is 0 Å². The van der Waals surface area contributed by atoms with Crippen molar-refractivity contribution in [2.75, 3.05) is 26.7 Å². The van der Waals surface area contributed by atoms with Crippen molar-refractivity contribution < 1.29 is 4.52 Å². The maximum Gasteiger partial charge on any atom is 0.246 e. The predicted molar refractivity (Wildman–Crippen MR) is 112 cm³/mol. The smallest absolute Gasteiger partial charge is 0.246 e. The highest BCUT2D eigenvalue weighted by Crippen LogP contribution is 2.19. The molecule has 0 saturated carbocycles. The lowest BCUT2D eigenvalue weighted by atomic mass is 10.0. The molecule has 1 saturated heterocycles. The van der Waals surface area contributed by atoms with E-state index in [1.165, 1.54) is 6.54 Å². The van der Waals surface area contributed by atoms with Gasteiger partial charge in [0.05, 0.1) is 6.54 Å². The molecule has 0 spiro atoms. The number of nitrogens with zero attached hydrogens (tertiary/aromatic N) is 4. The molecule has 2 aromatic rings.